The molecule has 0 spiro atoms. The van der Waals surface area contributed by atoms with Crippen LogP contribution in [0.4, 0.5) is 5.69 Å². The fourth-order valence-corrected chi connectivity index (χ4v) is 2.90. The number of esters is 1. The Morgan fingerprint density at radius 3 is 2.38 bits per heavy atom. The van der Waals surface area contributed by atoms with Gasteiger partial charge in [-0.3, -0.25) is 19.2 Å². The number of carbonyl (C=O) groups excluding carboxylic acids is 4. The number of hydrogen-bond acceptors (Lipinski definition) is 6. The number of nitrogens with one attached hydrogen (secondary N) is 2. The van der Waals surface area contributed by atoms with E-state index in [1.807, 2.05) is 13.8 Å². The van der Waals surface area contributed by atoms with Gasteiger partial charge < -0.3 is 25.0 Å². The van der Waals surface area contributed by atoms with E-state index in [4.69, 9.17) is 9.47 Å². The molecule has 3 amide bonds. The fraction of sp³-hybridized carbons (Fsp3) is 0.304. The largest absolute Gasteiger partial charge is 0.496 e. The van der Waals surface area contributed by atoms with Crippen molar-refractivity contribution in [3.05, 3.63) is 59.7 Å². The van der Waals surface area contributed by atoms with Gasteiger partial charge in [0.2, 0.25) is 0 Å². The lowest BCUT2D eigenvalue weighted by Gasteiger charge is -2.19. The van der Waals surface area contributed by atoms with Gasteiger partial charge in [0.05, 0.1) is 12.7 Å². The van der Waals surface area contributed by atoms with E-state index < -0.39 is 30.9 Å². The number of para-hydroxylation sites is 1. The maximum atomic E-state index is 12.4. The van der Waals surface area contributed by atoms with Crippen LogP contribution in [0.5, 0.6) is 5.75 Å². The molecular weight excluding hydrogens is 414 g/mol. The predicted octanol–water partition coefficient (Wildman–Crippen LogP) is 2.09. The van der Waals surface area contributed by atoms with Crippen LogP contribution in [0.1, 0.15) is 34.6 Å². The van der Waals surface area contributed by atoms with E-state index in [1.165, 1.54) is 7.11 Å². The van der Waals surface area contributed by atoms with Gasteiger partial charge in [0, 0.05) is 24.3 Å². The van der Waals surface area contributed by atoms with E-state index >= 15 is 0 Å². The third-order valence-electron chi connectivity index (χ3n) is 4.55. The average Bonchev–Trinajstić information content (AvgIpc) is 2.82. The molecule has 2 N–H and O–H groups in total. The molecule has 0 heterocycles. The molecule has 2 aromatic rings. The Balaban J connectivity index is 1.83. The molecule has 0 aromatic heterocycles. The van der Waals surface area contributed by atoms with Gasteiger partial charge in [-0.2, -0.15) is 0 Å². The van der Waals surface area contributed by atoms with Gasteiger partial charge in [-0.05, 0) is 44.2 Å². The van der Waals surface area contributed by atoms with Crippen LogP contribution < -0.4 is 15.4 Å². The summed E-state index contributed by atoms with van der Waals surface area (Å²) in [4.78, 5) is 50.3. The predicted molar refractivity (Wildman–Crippen MR) is 119 cm³/mol. The van der Waals surface area contributed by atoms with Crippen molar-refractivity contribution in [3.8, 4) is 5.75 Å². The number of anilines is 1. The highest BCUT2D eigenvalue weighted by Crippen LogP contribution is 2.16. The van der Waals surface area contributed by atoms with Gasteiger partial charge >= 0.3 is 5.97 Å². The summed E-state index contributed by atoms with van der Waals surface area (Å²) in [7, 11) is 1.44. The van der Waals surface area contributed by atoms with E-state index in [2.05, 4.69) is 10.6 Å². The molecule has 0 bridgehead atoms. The zero-order chi connectivity index (χ0) is 23.5. The molecule has 170 valence electrons. The van der Waals surface area contributed by atoms with Crippen LogP contribution in [-0.4, -0.2) is 61.9 Å². The maximum absolute atomic E-state index is 12.4. The number of carbonyl (C=O) groups is 4. The second-order valence-electron chi connectivity index (χ2n) is 6.65. The first-order valence-corrected chi connectivity index (χ1v) is 10.2. The monoisotopic (exact) mass is 441 g/mol. The Morgan fingerprint density at radius 2 is 1.69 bits per heavy atom. The Morgan fingerprint density at radius 1 is 0.969 bits per heavy atom. The minimum absolute atomic E-state index is 0.136. The van der Waals surface area contributed by atoms with Crippen LogP contribution in [0, 0.1) is 0 Å². The summed E-state index contributed by atoms with van der Waals surface area (Å²) in [6, 6.07) is 13.1. The molecule has 0 unspecified atom stereocenters. The Hall–Kier alpha value is -3.88. The van der Waals surface area contributed by atoms with Gasteiger partial charge in [-0.25, -0.2) is 0 Å². The lowest BCUT2D eigenvalue weighted by atomic mass is 10.1. The highest BCUT2D eigenvalue weighted by Gasteiger charge is 2.15. The van der Waals surface area contributed by atoms with E-state index in [0.717, 1.165) is 0 Å². The first-order chi connectivity index (χ1) is 15.4. The third kappa shape index (κ3) is 6.83. The molecule has 0 fully saturated rings. The minimum atomic E-state index is -0.770. The van der Waals surface area contributed by atoms with Crippen molar-refractivity contribution < 1.29 is 28.7 Å². The normalized spacial score (nSPS) is 10.1. The van der Waals surface area contributed by atoms with Gasteiger partial charge in [0.15, 0.2) is 6.61 Å². The van der Waals surface area contributed by atoms with Crippen molar-refractivity contribution in [2.45, 2.75) is 13.8 Å². The van der Waals surface area contributed by atoms with Gasteiger partial charge in [0.25, 0.3) is 17.7 Å². The lowest BCUT2D eigenvalue weighted by Crippen LogP contribution is -2.32. The number of methoxy groups -OCH3 is 1. The first-order valence-electron chi connectivity index (χ1n) is 10.2. The summed E-state index contributed by atoms with van der Waals surface area (Å²) in [6.45, 7) is 4.00. The first kappa shape index (κ1) is 24.4. The summed E-state index contributed by atoms with van der Waals surface area (Å²) < 4.78 is 10.0. The topological polar surface area (TPSA) is 114 Å². The molecule has 0 aliphatic heterocycles. The molecule has 9 heteroatoms. The Bertz CT molecular complexity index is 972. The summed E-state index contributed by atoms with van der Waals surface area (Å²) in [6.07, 6.45) is 0. The third-order valence-corrected chi connectivity index (χ3v) is 4.55. The Kier molecular flexibility index (Phi) is 9.22. The highest BCUT2D eigenvalue weighted by molar-refractivity contribution is 5.99. The zero-order valence-electron chi connectivity index (χ0n) is 18.3. The van der Waals surface area contributed by atoms with Crippen LogP contribution in [-0.2, 0) is 14.3 Å². The van der Waals surface area contributed by atoms with E-state index in [-0.39, 0.29) is 11.5 Å². The SMILES string of the molecule is CCN(CC)C(=O)c1cccc(NC(=O)COC(=O)CNC(=O)c2ccccc2OC)c1. The second kappa shape index (κ2) is 12.1. The standard InChI is InChI=1S/C23H27N3O6/c1-4-26(5-2)23(30)16-9-8-10-17(13-16)25-20(27)15-32-21(28)14-24-22(29)18-11-6-7-12-19(18)31-3/h6-13H,4-5,14-15H2,1-3H3,(H,24,29)(H,25,27). The summed E-state index contributed by atoms with van der Waals surface area (Å²) in [5.74, 6) is -1.60. The molecule has 2 aromatic carbocycles. The maximum Gasteiger partial charge on any atom is 0.325 e. The van der Waals surface area contributed by atoms with Crippen LogP contribution in [0.2, 0.25) is 0 Å². The summed E-state index contributed by atoms with van der Waals surface area (Å²) >= 11 is 0. The van der Waals surface area contributed by atoms with Crippen molar-refractivity contribution in [1.82, 2.24) is 10.2 Å². The Labute approximate surface area is 186 Å². The second-order valence-corrected chi connectivity index (χ2v) is 6.65. The van der Waals surface area contributed by atoms with Crippen LogP contribution >= 0.6 is 0 Å². The van der Waals surface area contributed by atoms with Crippen LogP contribution in [0.15, 0.2) is 48.5 Å². The molecule has 0 radical (unpaired) electrons. The number of nitrogens with zero attached hydrogens (tertiary/aromatic N) is 1. The number of hydrogen-bond donors (Lipinski definition) is 2. The fourth-order valence-electron chi connectivity index (χ4n) is 2.90. The summed E-state index contributed by atoms with van der Waals surface area (Å²) in [5, 5.41) is 5.00. The van der Waals surface area contributed by atoms with Crippen molar-refractivity contribution in [3.63, 3.8) is 0 Å². The average molecular weight is 441 g/mol. The van der Waals surface area contributed by atoms with Crippen molar-refractivity contribution >= 4 is 29.4 Å². The van der Waals surface area contributed by atoms with Crippen LogP contribution in [0.25, 0.3) is 0 Å². The van der Waals surface area contributed by atoms with Crippen LogP contribution in [0.3, 0.4) is 0 Å². The molecule has 0 saturated heterocycles. The minimum Gasteiger partial charge on any atom is -0.496 e. The quantitative estimate of drug-likeness (QED) is 0.546. The van der Waals surface area contributed by atoms with Crippen molar-refractivity contribution in [2.75, 3.05) is 38.7 Å². The molecule has 32 heavy (non-hydrogen) atoms. The number of benzene rings is 2. The number of amides is 3. The number of rotatable bonds is 10. The molecule has 0 aliphatic rings. The molecule has 0 aliphatic carbocycles. The number of ether oxygens (including phenoxy) is 2. The summed E-state index contributed by atoms with van der Waals surface area (Å²) in [5.41, 5.74) is 1.13. The van der Waals surface area contributed by atoms with E-state index in [1.54, 1.807) is 53.4 Å². The smallest absolute Gasteiger partial charge is 0.325 e. The molecular formula is C23H27N3O6. The molecule has 9 nitrogen and oxygen atoms in total. The van der Waals surface area contributed by atoms with Gasteiger partial charge in [-0.15, -0.1) is 0 Å². The molecule has 0 saturated carbocycles. The van der Waals surface area contributed by atoms with Gasteiger partial charge in [0.1, 0.15) is 12.3 Å². The molecule has 2 rings (SSSR count). The van der Waals surface area contributed by atoms with E-state index in [9.17, 15) is 19.2 Å². The van der Waals surface area contributed by atoms with Crippen molar-refractivity contribution in [1.29, 1.82) is 0 Å². The van der Waals surface area contributed by atoms with Gasteiger partial charge in [-0.1, -0.05) is 18.2 Å². The lowest BCUT2D eigenvalue weighted by molar-refractivity contribution is -0.146. The highest BCUT2D eigenvalue weighted by atomic mass is 16.5. The molecule has 0 atom stereocenters. The van der Waals surface area contributed by atoms with Crippen molar-refractivity contribution in [2.24, 2.45) is 0 Å². The zero-order valence-corrected chi connectivity index (χ0v) is 18.3. The van der Waals surface area contributed by atoms with E-state index in [0.29, 0.717) is 30.1 Å².